The minimum Gasteiger partial charge on any atom is -0.381 e. The lowest BCUT2D eigenvalue weighted by atomic mass is 9.94. The van der Waals surface area contributed by atoms with Gasteiger partial charge in [-0.25, -0.2) is 0 Å². The van der Waals surface area contributed by atoms with Crippen molar-refractivity contribution in [3.63, 3.8) is 0 Å². The number of rotatable bonds is 7. The Hall–Kier alpha value is -0.610. The zero-order valence-electron chi connectivity index (χ0n) is 12.2. The molecular weight excluding hydrogens is 240 g/mol. The summed E-state index contributed by atoms with van der Waals surface area (Å²) in [6.07, 6.45) is 7.58. The molecule has 0 spiro atoms. The average molecular weight is 268 g/mol. The molecule has 2 N–H and O–H groups in total. The van der Waals surface area contributed by atoms with E-state index in [1.807, 2.05) is 11.9 Å². The summed E-state index contributed by atoms with van der Waals surface area (Å²) in [5.41, 5.74) is 6.02. The Morgan fingerprint density at radius 3 is 2.63 bits per heavy atom. The minimum atomic E-state index is 0.255. The van der Waals surface area contributed by atoms with E-state index in [1.165, 1.54) is 32.1 Å². The highest BCUT2D eigenvalue weighted by Gasteiger charge is 2.42. The Bertz CT molecular complexity index is 297. The van der Waals surface area contributed by atoms with Crippen molar-refractivity contribution in [3.05, 3.63) is 0 Å². The van der Waals surface area contributed by atoms with E-state index in [1.54, 1.807) is 0 Å². The second-order valence-corrected chi connectivity index (χ2v) is 6.40. The topological polar surface area (TPSA) is 55.6 Å². The summed E-state index contributed by atoms with van der Waals surface area (Å²) in [5.74, 6) is 1.05. The van der Waals surface area contributed by atoms with E-state index in [0.717, 1.165) is 32.1 Å². The molecule has 1 saturated carbocycles. The van der Waals surface area contributed by atoms with E-state index in [-0.39, 0.29) is 11.3 Å². The molecule has 2 fully saturated rings. The van der Waals surface area contributed by atoms with Crippen LogP contribution in [0.4, 0.5) is 0 Å². The molecule has 0 atom stereocenters. The third-order valence-electron chi connectivity index (χ3n) is 4.73. The van der Waals surface area contributed by atoms with Gasteiger partial charge >= 0.3 is 0 Å². The van der Waals surface area contributed by atoms with Crippen molar-refractivity contribution >= 4 is 5.91 Å². The van der Waals surface area contributed by atoms with Crippen molar-refractivity contribution in [3.8, 4) is 0 Å². The number of carbonyl (C=O) groups is 1. The van der Waals surface area contributed by atoms with Crippen LogP contribution in [-0.4, -0.2) is 44.2 Å². The van der Waals surface area contributed by atoms with Crippen LogP contribution in [0.15, 0.2) is 0 Å². The fourth-order valence-electron chi connectivity index (χ4n) is 2.96. The highest BCUT2D eigenvalue weighted by Crippen LogP contribution is 2.44. The Balaban J connectivity index is 1.60. The Morgan fingerprint density at radius 1 is 1.37 bits per heavy atom. The third-order valence-corrected chi connectivity index (χ3v) is 4.73. The van der Waals surface area contributed by atoms with Gasteiger partial charge in [0, 0.05) is 38.6 Å². The predicted octanol–water partition coefficient (Wildman–Crippen LogP) is 1.78. The van der Waals surface area contributed by atoms with Crippen molar-refractivity contribution in [1.29, 1.82) is 0 Å². The first kappa shape index (κ1) is 14.8. The van der Waals surface area contributed by atoms with Crippen LogP contribution >= 0.6 is 0 Å². The van der Waals surface area contributed by atoms with E-state index in [2.05, 4.69) is 0 Å². The van der Waals surface area contributed by atoms with E-state index >= 15 is 0 Å². The first-order valence-corrected chi connectivity index (χ1v) is 7.67. The van der Waals surface area contributed by atoms with E-state index in [0.29, 0.717) is 13.0 Å². The van der Waals surface area contributed by atoms with E-state index in [4.69, 9.17) is 10.5 Å². The van der Waals surface area contributed by atoms with Crippen molar-refractivity contribution in [1.82, 2.24) is 4.90 Å². The fraction of sp³-hybridized carbons (Fsp3) is 0.933. The maximum Gasteiger partial charge on any atom is 0.222 e. The summed E-state index contributed by atoms with van der Waals surface area (Å²) in [5, 5.41) is 0. The van der Waals surface area contributed by atoms with E-state index < -0.39 is 0 Å². The number of amides is 1. The van der Waals surface area contributed by atoms with Gasteiger partial charge in [-0.05, 0) is 51.0 Å². The summed E-state index contributed by atoms with van der Waals surface area (Å²) in [4.78, 5) is 14.0. The summed E-state index contributed by atoms with van der Waals surface area (Å²) in [6.45, 7) is 3.36. The van der Waals surface area contributed by atoms with Gasteiger partial charge in [0.1, 0.15) is 0 Å². The molecule has 0 aromatic rings. The molecule has 1 aliphatic carbocycles. The molecule has 4 heteroatoms. The molecule has 0 bridgehead atoms. The summed E-state index contributed by atoms with van der Waals surface area (Å²) in [6, 6.07) is 0. The molecule has 0 unspecified atom stereocenters. The molecule has 1 heterocycles. The molecule has 1 amide bonds. The normalized spacial score (nSPS) is 22.2. The quantitative estimate of drug-likeness (QED) is 0.766. The Labute approximate surface area is 116 Å². The number of ether oxygens (including phenoxy) is 1. The Kier molecular flexibility index (Phi) is 5.22. The lowest BCUT2D eigenvalue weighted by Crippen LogP contribution is -2.35. The molecular formula is C15H28N2O2. The zero-order chi connectivity index (χ0) is 13.7. The average Bonchev–Trinajstić information content (AvgIpc) is 3.20. The van der Waals surface area contributed by atoms with Crippen LogP contribution < -0.4 is 5.73 Å². The molecule has 1 aliphatic heterocycles. The van der Waals surface area contributed by atoms with Crippen molar-refractivity contribution in [2.24, 2.45) is 17.1 Å². The summed E-state index contributed by atoms with van der Waals surface area (Å²) < 4.78 is 5.35. The zero-order valence-corrected chi connectivity index (χ0v) is 12.2. The third kappa shape index (κ3) is 4.46. The van der Waals surface area contributed by atoms with Gasteiger partial charge in [-0.15, -0.1) is 0 Å². The molecule has 0 aromatic carbocycles. The first-order chi connectivity index (χ1) is 9.15. The maximum absolute atomic E-state index is 12.1. The summed E-state index contributed by atoms with van der Waals surface area (Å²) >= 11 is 0. The molecule has 0 aromatic heterocycles. The first-order valence-electron chi connectivity index (χ1n) is 7.67. The minimum absolute atomic E-state index is 0.255. The molecule has 110 valence electrons. The number of hydrogen-bond acceptors (Lipinski definition) is 3. The highest BCUT2D eigenvalue weighted by atomic mass is 16.5. The number of nitrogens with two attached hydrogens (primary N) is 1. The van der Waals surface area contributed by atoms with Gasteiger partial charge in [0.2, 0.25) is 5.91 Å². The van der Waals surface area contributed by atoms with Gasteiger partial charge < -0.3 is 15.4 Å². The van der Waals surface area contributed by atoms with Gasteiger partial charge in [0.15, 0.2) is 0 Å². The molecule has 1 saturated heterocycles. The standard InChI is InChI=1S/C15H28N2O2/c1-17(12-15(11-16)7-8-15)14(18)4-2-3-13-5-9-19-10-6-13/h13H,2-12,16H2,1H3. The predicted molar refractivity (Wildman–Crippen MR) is 75.8 cm³/mol. The highest BCUT2D eigenvalue weighted by molar-refractivity contribution is 5.75. The van der Waals surface area contributed by atoms with Crippen LogP contribution in [0.2, 0.25) is 0 Å². The Morgan fingerprint density at radius 2 is 2.05 bits per heavy atom. The van der Waals surface area contributed by atoms with Gasteiger partial charge in [0.05, 0.1) is 0 Å². The van der Waals surface area contributed by atoms with Gasteiger partial charge in [-0.3, -0.25) is 4.79 Å². The van der Waals surface area contributed by atoms with Gasteiger partial charge in [-0.1, -0.05) is 0 Å². The number of nitrogens with zero attached hydrogens (tertiary/aromatic N) is 1. The largest absolute Gasteiger partial charge is 0.381 e. The van der Waals surface area contributed by atoms with Crippen molar-refractivity contribution in [2.45, 2.75) is 44.9 Å². The van der Waals surface area contributed by atoms with Crippen LogP contribution in [0.5, 0.6) is 0 Å². The molecule has 2 aliphatic rings. The van der Waals surface area contributed by atoms with Gasteiger partial charge in [-0.2, -0.15) is 0 Å². The SMILES string of the molecule is CN(CC1(CN)CC1)C(=O)CCCC1CCOCC1. The van der Waals surface area contributed by atoms with Crippen LogP contribution in [0.3, 0.4) is 0 Å². The smallest absolute Gasteiger partial charge is 0.222 e. The molecule has 0 radical (unpaired) electrons. The lowest BCUT2D eigenvalue weighted by molar-refractivity contribution is -0.130. The molecule has 19 heavy (non-hydrogen) atoms. The lowest BCUT2D eigenvalue weighted by Gasteiger charge is -2.24. The maximum atomic E-state index is 12.1. The molecule has 4 nitrogen and oxygen atoms in total. The number of carbonyl (C=O) groups excluding carboxylic acids is 1. The second kappa shape index (κ2) is 6.71. The van der Waals surface area contributed by atoms with Crippen LogP contribution in [0, 0.1) is 11.3 Å². The fourth-order valence-corrected chi connectivity index (χ4v) is 2.96. The van der Waals surface area contributed by atoms with Crippen molar-refractivity contribution in [2.75, 3.05) is 33.4 Å². The second-order valence-electron chi connectivity index (χ2n) is 6.40. The monoisotopic (exact) mass is 268 g/mol. The summed E-state index contributed by atoms with van der Waals surface area (Å²) in [7, 11) is 1.92. The van der Waals surface area contributed by atoms with Crippen LogP contribution in [0.1, 0.15) is 44.9 Å². The molecule has 2 rings (SSSR count). The number of hydrogen-bond donors (Lipinski definition) is 1. The van der Waals surface area contributed by atoms with Crippen LogP contribution in [0.25, 0.3) is 0 Å². The van der Waals surface area contributed by atoms with Gasteiger partial charge in [0.25, 0.3) is 0 Å². The van der Waals surface area contributed by atoms with Crippen LogP contribution in [-0.2, 0) is 9.53 Å². The van der Waals surface area contributed by atoms with E-state index in [9.17, 15) is 4.79 Å². The van der Waals surface area contributed by atoms with Crippen molar-refractivity contribution < 1.29 is 9.53 Å².